The molecule has 120 valence electrons. The minimum Gasteiger partial charge on any atom is -0.493 e. The zero-order valence-electron chi connectivity index (χ0n) is 13.3. The summed E-state index contributed by atoms with van der Waals surface area (Å²) in [6.07, 6.45) is 9.74. The molecule has 1 fully saturated rings. The number of ether oxygens (including phenoxy) is 1. The van der Waals surface area contributed by atoms with E-state index in [1.807, 2.05) is 0 Å². The number of rotatable bonds is 4. The number of hydrogen-bond donors (Lipinski definition) is 2. The van der Waals surface area contributed by atoms with Crippen LogP contribution in [-0.4, -0.2) is 25.2 Å². The Morgan fingerprint density at radius 3 is 2.86 bits per heavy atom. The van der Waals surface area contributed by atoms with Crippen LogP contribution in [0.4, 0.5) is 0 Å². The van der Waals surface area contributed by atoms with Crippen molar-refractivity contribution in [1.82, 2.24) is 5.32 Å². The predicted octanol–water partition coefficient (Wildman–Crippen LogP) is 2.79. The van der Waals surface area contributed by atoms with E-state index in [-0.39, 0.29) is 0 Å². The van der Waals surface area contributed by atoms with Crippen LogP contribution in [0.25, 0.3) is 0 Å². The first-order chi connectivity index (χ1) is 10.8. The fourth-order valence-corrected chi connectivity index (χ4v) is 3.38. The lowest BCUT2D eigenvalue weighted by Gasteiger charge is -2.16. The zero-order valence-corrected chi connectivity index (χ0v) is 13.3. The molecule has 0 spiro atoms. The number of nitrogens with one attached hydrogen (secondary N) is 1. The van der Waals surface area contributed by atoms with Gasteiger partial charge in [-0.25, -0.2) is 0 Å². The van der Waals surface area contributed by atoms with Crippen molar-refractivity contribution in [3.8, 4) is 5.75 Å². The van der Waals surface area contributed by atoms with E-state index in [9.17, 15) is 0 Å². The third-order valence-corrected chi connectivity index (χ3v) is 4.64. The van der Waals surface area contributed by atoms with Gasteiger partial charge in [0.2, 0.25) is 0 Å². The summed E-state index contributed by atoms with van der Waals surface area (Å²) in [6.45, 7) is 1.56. The Morgan fingerprint density at radius 1 is 1.23 bits per heavy atom. The van der Waals surface area contributed by atoms with E-state index in [4.69, 9.17) is 10.5 Å². The fraction of sp³-hybridized carbons (Fsp3) is 0.611. The van der Waals surface area contributed by atoms with Crippen molar-refractivity contribution < 1.29 is 4.74 Å². The Balaban J connectivity index is 1.46. The van der Waals surface area contributed by atoms with Gasteiger partial charge in [-0.05, 0) is 36.5 Å². The number of guanidine groups is 1. The van der Waals surface area contributed by atoms with E-state index in [0.29, 0.717) is 12.0 Å². The quantitative estimate of drug-likeness (QED) is 0.511. The molecule has 1 aliphatic carbocycles. The topological polar surface area (TPSA) is 59.6 Å². The van der Waals surface area contributed by atoms with Gasteiger partial charge in [0.25, 0.3) is 0 Å². The molecular formula is C18H27N3O. The van der Waals surface area contributed by atoms with Crippen LogP contribution in [0, 0.1) is 0 Å². The maximum Gasteiger partial charge on any atom is 0.188 e. The standard InChI is InChI=1S/C18H27N3O/c19-18(21-16-5-3-1-2-4-6-16)20-11-9-14-7-8-17-15(13-14)10-12-22-17/h7-8,13,16H,1-6,9-12H2,(H3,19,20,21). The molecule has 3 rings (SSSR count). The Labute approximate surface area is 133 Å². The Hall–Kier alpha value is -1.71. The highest BCUT2D eigenvalue weighted by atomic mass is 16.5. The van der Waals surface area contributed by atoms with Crippen molar-refractivity contribution in [1.29, 1.82) is 0 Å². The molecule has 4 nitrogen and oxygen atoms in total. The summed E-state index contributed by atoms with van der Waals surface area (Å²) in [5, 5.41) is 3.39. The van der Waals surface area contributed by atoms with Gasteiger partial charge in [-0.2, -0.15) is 0 Å². The second-order valence-electron chi connectivity index (χ2n) is 6.39. The van der Waals surface area contributed by atoms with Gasteiger partial charge in [0, 0.05) is 19.0 Å². The van der Waals surface area contributed by atoms with Crippen LogP contribution in [-0.2, 0) is 12.8 Å². The average Bonchev–Trinajstić information content (AvgIpc) is 2.83. The van der Waals surface area contributed by atoms with Gasteiger partial charge in [0.05, 0.1) is 6.61 Å². The third-order valence-electron chi connectivity index (χ3n) is 4.64. The average molecular weight is 301 g/mol. The fourth-order valence-electron chi connectivity index (χ4n) is 3.38. The molecule has 0 atom stereocenters. The summed E-state index contributed by atoms with van der Waals surface area (Å²) in [4.78, 5) is 4.49. The van der Waals surface area contributed by atoms with Gasteiger partial charge < -0.3 is 15.8 Å². The zero-order chi connectivity index (χ0) is 15.2. The van der Waals surface area contributed by atoms with Gasteiger partial charge in [0.1, 0.15) is 5.75 Å². The number of benzene rings is 1. The molecule has 0 aromatic heterocycles. The van der Waals surface area contributed by atoms with Crippen LogP contribution in [0.15, 0.2) is 23.2 Å². The largest absolute Gasteiger partial charge is 0.493 e. The van der Waals surface area contributed by atoms with E-state index in [1.165, 1.54) is 49.7 Å². The van der Waals surface area contributed by atoms with E-state index in [2.05, 4.69) is 28.5 Å². The van der Waals surface area contributed by atoms with Crippen LogP contribution < -0.4 is 15.8 Å². The molecule has 0 bridgehead atoms. The maximum absolute atomic E-state index is 6.03. The van der Waals surface area contributed by atoms with Crippen molar-refractivity contribution in [3.63, 3.8) is 0 Å². The Kier molecular flexibility index (Phi) is 5.20. The lowest BCUT2D eigenvalue weighted by molar-refractivity contribution is 0.357. The molecule has 3 N–H and O–H groups in total. The first-order valence-corrected chi connectivity index (χ1v) is 8.62. The van der Waals surface area contributed by atoms with Crippen LogP contribution in [0.1, 0.15) is 49.7 Å². The second kappa shape index (κ2) is 7.52. The lowest BCUT2D eigenvalue weighted by atomic mass is 10.1. The van der Waals surface area contributed by atoms with E-state index in [1.54, 1.807) is 0 Å². The third kappa shape index (κ3) is 4.15. The van der Waals surface area contributed by atoms with Gasteiger partial charge >= 0.3 is 0 Å². The normalized spacial score (nSPS) is 19.4. The van der Waals surface area contributed by atoms with Gasteiger partial charge in [-0.3, -0.25) is 4.99 Å². The summed E-state index contributed by atoms with van der Waals surface area (Å²) in [7, 11) is 0. The van der Waals surface area contributed by atoms with Crippen LogP contribution in [0.5, 0.6) is 5.75 Å². The van der Waals surface area contributed by atoms with Gasteiger partial charge in [0.15, 0.2) is 5.96 Å². The SMILES string of the molecule is NC(=NCCc1ccc2c(c1)CCO2)NC1CCCCCC1. The summed E-state index contributed by atoms with van der Waals surface area (Å²) in [6, 6.07) is 6.97. The predicted molar refractivity (Wildman–Crippen MR) is 90.5 cm³/mol. The van der Waals surface area contributed by atoms with Crippen LogP contribution in [0.2, 0.25) is 0 Å². The molecule has 22 heavy (non-hydrogen) atoms. The maximum atomic E-state index is 6.03. The molecule has 1 aromatic carbocycles. The first kappa shape index (κ1) is 15.2. The minimum atomic E-state index is 0.517. The Morgan fingerprint density at radius 2 is 2.05 bits per heavy atom. The molecule has 1 aromatic rings. The molecule has 1 heterocycles. The van der Waals surface area contributed by atoms with Gasteiger partial charge in [-0.15, -0.1) is 0 Å². The second-order valence-corrected chi connectivity index (χ2v) is 6.39. The summed E-state index contributed by atoms with van der Waals surface area (Å²) >= 11 is 0. The number of hydrogen-bond acceptors (Lipinski definition) is 2. The smallest absolute Gasteiger partial charge is 0.188 e. The van der Waals surface area contributed by atoms with E-state index in [0.717, 1.165) is 31.7 Å². The summed E-state index contributed by atoms with van der Waals surface area (Å²) in [5.41, 5.74) is 8.67. The molecule has 1 saturated carbocycles. The van der Waals surface area contributed by atoms with E-state index < -0.39 is 0 Å². The molecule has 0 saturated heterocycles. The van der Waals surface area contributed by atoms with Gasteiger partial charge in [-0.1, -0.05) is 37.8 Å². The first-order valence-electron chi connectivity index (χ1n) is 8.62. The van der Waals surface area contributed by atoms with E-state index >= 15 is 0 Å². The van der Waals surface area contributed by atoms with Crippen molar-refractivity contribution in [2.75, 3.05) is 13.2 Å². The summed E-state index contributed by atoms with van der Waals surface area (Å²) in [5.74, 6) is 1.65. The highest BCUT2D eigenvalue weighted by Gasteiger charge is 2.13. The lowest BCUT2D eigenvalue weighted by Crippen LogP contribution is -2.40. The highest BCUT2D eigenvalue weighted by Crippen LogP contribution is 2.26. The molecule has 2 aliphatic rings. The number of fused-ring (bicyclic) bond motifs is 1. The van der Waals surface area contributed by atoms with Crippen molar-refractivity contribution in [2.24, 2.45) is 10.7 Å². The molecule has 0 unspecified atom stereocenters. The molecular weight excluding hydrogens is 274 g/mol. The monoisotopic (exact) mass is 301 g/mol. The molecule has 1 aliphatic heterocycles. The summed E-state index contributed by atoms with van der Waals surface area (Å²) < 4.78 is 5.53. The highest BCUT2D eigenvalue weighted by molar-refractivity contribution is 5.78. The molecule has 4 heteroatoms. The van der Waals surface area contributed by atoms with Crippen molar-refractivity contribution in [3.05, 3.63) is 29.3 Å². The molecule has 0 radical (unpaired) electrons. The molecule has 0 amide bonds. The number of nitrogens with two attached hydrogens (primary N) is 1. The Bertz CT molecular complexity index is 519. The minimum absolute atomic E-state index is 0.517. The van der Waals surface area contributed by atoms with Crippen molar-refractivity contribution in [2.45, 2.75) is 57.4 Å². The van der Waals surface area contributed by atoms with Crippen LogP contribution in [0.3, 0.4) is 0 Å². The van der Waals surface area contributed by atoms with Crippen LogP contribution >= 0.6 is 0 Å². The van der Waals surface area contributed by atoms with Crippen molar-refractivity contribution >= 4 is 5.96 Å². The number of nitrogens with zero attached hydrogens (tertiary/aromatic N) is 1. The number of aliphatic imine (C=N–C) groups is 1.